The number of rotatable bonds is 26. The Balaban J connectivity index is 1.99. The lowest BCUT2D eigenvalue weighted by molar-refractivity contribution is -0.142. The number of carboxylic acids is 2. The average Bonchev–Trinajstić information content (AvgIpc) is 2.95. The van der Waals surface area contributed by atoms with Crippen molar-refractivity contribution in [1.29, 1.82) is 0 Å². The molecule has 11 heteroatoms. The van der Waals surface area contributed by atoms with E-state index in [1.807, 2.05) is 6.92 Å². The fourth-order valence-corrected chi connectivity index (χ4v) is 4.02. The van der Waals surface area contributed by atoms with Gasteiger partial charge in [-0.1, -0.05) is 44.9 Å². The van der Waals surface area contributed by atoms with Gasteiger partial charge in [0.05, 0.1) is 32.0 Å². The van der Waals surface area contributed by atoms with Crippen LogP contribution in [0.5, 0.6) is 5.75 Å². The molecule has 0 unspecified atom stereocenters. The van der Waals surface area contributed by atoms with Gasteiger partial charge in [-0.05, 0) is 50.5 Å². The van der Waals surface area contributed by atoms with Crippen molar-refractivity contribution in [2.45, 2.75) is 90.0 Å². The van der Waals surface area contributed by atoms with E-state index in [-0.39, 0.29) is 36.6 Å². The molecular weight excluding hydrogens is 532 g/mol. The Hall–Kier alpha value is -3.18. The number of carboxylic acid groups (broad SMARTS) is 2. The first-order chi connectivity index (χ1) is 19.8. The van der Waals surface area contributed by atoms with Gasteiger partial charge >= 0.3 is 11.9 Å². The Labute approximate surface area is 243 Å². The van der Waals surface area contributed by atoms with Gasteiger partial charge in [-0.2, -0.15) is 0 Å². The number of ether oxygens (including phenoxy) is 3. The molecule has 0 aromatic heterocycles. The molecule has 0 saturated carbocycles. The van der Waals surface area contributed by atoms with E-state index in [4.69, 9.17) is 19.3 Å². The number of aliphatic carboxylic acids is 1. The van der Waals surface area contributed by atoms with Crippen LogP contribution in [0.2, 0.25) is 0 Å². The number of carbonyl (C=O) groups excluding carboxylic acids is 2. The van der Waals surface area contributed by atoms with E-state index in [0.29, 0.717) is 51.7 Å². The highest BCUT2D eigenvalue weighted by molar-refractivity contribution is 5.87. The SMILES string of the molecule is CCOCCOCCNC(=O)CC[C@H](NC(=O)CCCCCCCCCCCOc1ccc(C(=O)O)cc1)C(=O)O. The molecule has 0 aliphatic heterocycles. The van der Waals surface area contributed by atoms with Crippen LogP contribution in [0, 0.1) is 0 Å². The molecule has 11 nitrogen and oxygen atoms in total. The first-order valence-electron chi connectivity index (χ1n) is 14.7. The van der Waals surface area contributed by atoms with Gasteiger partial charge in [-0.15, -0.1) is 0 Å². The Bertz CT molecular complexity index is 877. The molecule has 0 spiro atoms. The Morgan fingerprint density at radius 3 is 1.95 bits per heavy atom. The van der Waals surface area contributed by atoms with Gasteiger partial charge in [-0.25, -0.2) is 9.59 Å². The van der Waals surface area contributed by atoms with Crippen molar-refractivity contribution in [1.82, 2.24) is 10.6 Å². The van der Waals surface area contributed by atoms with Crippen LogP contribution in [0.25, 0.3) is 0 Å². The second-order valence-electron chi connectivity index (χ2n) is 9.77. The van der Waals surface area contributed by atoms with E-state index in [1.54, 1.807) is 12.1 Å². The zero-order chi connectivity index (χ0) is 30.1. The molecule has 1 rings (SSSR count). The van der Waals surface area contributed by atoms with Gasteiger partial charge in [0.15, 0.2) is 0 Å². The number of aromatic carboxylic acids is 1. The van der Waals surface area contributed by atoms with Crippen LogP contribution in [-0.2, 0) is 23.9 Å². The number of carbonyl (C=O) groups is 4. The lowest BCUT2D eigenvalue weighted by Crippen LogP contribution is -2.41. The molecule has 4 N–H and O–H groups in total. The predicted molar refractivity (Wildman–Crippen MR) is 154 cm³/mol. The van der Waals surface area contributed by atoms with Gasteiger partial charge in [0.25, 0.3) is 0 Å². The highest BCUT2D eigenvalue weighted by Crippen LogP contribution is 2.14. The predicted octanol–water partition coefficient (Wildman–Crippen LogP) is 4.18. The summed E-state index contributed by atoms with van der Waals surface area (Å²) < 4.78 is 16.1. The van der Waals surface area contributed by atoms with Gasteiger partial charge in [0.1, 0.15) is 11.8 Å². The molecule has 0 aliphatic rings. The van der Waals surface area contributed by atoms with Gasteiger partial charge in [0, 0.05) is 26.0 Å². The summed E-state index contributed by atoms with van der Waals surface area (Å²) in [6, 6.07) is 5.33. The number of hydrogen-bond acceptors (Lipinski definition) is 7. The van der Waals surface area contributed by atoms with Crippen molar-refractivity contribution in [2.75, 3.05) is 39.6 Å². The molecule has 1 aromatic carbocycles. The van der Waals surface area contributed by atoms with E-state index in [2.05, 4.69) is 10.6 Å². The maximum Gasteiger partial charge on any atom is 0.335 e. The van der Waals surface area contributed by atoms with Crippen LogP contribution in [0.1, 0.15) is 94.3 Å². The summed E-state index contributed by atoms with van der Waals surface area (Å²) in [6.07, 6.45) is 9.46. The third-order valence-corrected chi connectivity index (χ3v) is 6.36. The van der Waals surface area contributed by atoms with Crippen molar-refractivity contribution >= 4 is 23.8 Å². The Morgan fingerprint density at radius 1 is 0.732 bits per heavy atom. The van der Waals surface area contributed by atoms with Gasteiger partial charge in [-0.3, -0.25) is 9.59 Å². The third kappa shape index (κ3) is 19.5. The number of benzene rings is 1. The monoisotopic (exact) mass is 580 g/mol. The highest BCUT2D eigenvalue weighted by atomic mass is 16.5. The highest BCUT2D eigenvalue weighted by Gasteiger charge is 2.20. The van der Waals surface area contributed by atoms with E-state index in [1.165, 1.54) is 12.1 Å². The minimum atomic E-state index is -1.15. The average molecular weight is 581 g/mol. The Kier molecular flexibility index (Phi) is 20.6. The maximum absolute atomic E-state index is 12.2. The summed E-state index contributed by atoms with van der Waals surface area (Å²) in [5, 5.41) is 23.5. The van der Waals surface area contributed by atoms with Crippen LogP contribution in [0.4, 0.5) is 0 Å². The smallest absolute Gasteiger partial charge is 0.335 e. The van der Waals surface area contributed by atoms with Crippen LogP contribution >= 0.6 is 0 Å². The van der Waals surface area contributed by atoms with E-state index in [9.17, 15) is 24.3 Å². The molecule has 0 fully saturated rings. The molecule has 0 radical (unpaired) electrons. The first kappa shape index (κ1) is 35.8. The minimum absolute atomic E-state index is 0.00556. The quantitative estimate of drug-likeness (QED) is 0.118. The van der Waals surface area contributed by atoms with Crippen molar-refractivity contribution in [2.24, 2.45) is 0 Å². The topological polar surface area (TPSA) is 160 Å². The standard InChI is InChI=1S/C30H48N2O9/c1-2-39-22-23-40-21-19-31-27(33)18-17-26(30(37)38)32-28(34)12-10-8-6-4-3-5-7-9-11-20-41-25-15-13-24(14-16-25)29(35)36/h13-16,26H,2-12,17-23H2,1H3,(H,31,33)(H,32,34)(H,35,36)(H,37,38)/t26-/m0/s1. The summed E-state index contributed by atoms with van der Waals surface area (Å²) in [5.41, 5.74) is 0.244. The molecule has 0 bridgehead atoms. The van der Waals surface area contributed by atoms with E-state index < -0.39 is 18.0 Å². The number of hydrogen-bond donors (Lipinski definition) is 4. The van der Waals surface area contributed by atoms with Crippen LogP contribution < -0.4 is 15.4 Å². The summed E-state index contributed by atoms with van der Waals surface area (Å²) in [4.78, 5) is 46.5. The van der Waals surface area contributed by atoms with Crippen molar-refractivity contribution < 1.29 is 43.6 Å². The van der Waals surface area contributed by atoms with Crippen molar-refractivity contribution in [3.63, 3.8) is 0 Å². The molecule has 0 heterocycles. The van der Waals surface area contributed by atoms with E-state index in [0.717, 1.165) is 51.4 Å². The second kappa shape index (κ2) is 23.5. The number of amides is 2. The third-order valence-electron chi connectivity index (χ3n) is 6.36. The number of unbranched alkanes of at least 4 members (excludes halogenated alkanes) is 8. The minimum Gasteiger partial charge on any atom is -0.494 e. The summed E-state index contributed by atoms with van der Waals surface area (Å²) in [6.45, 7) is 4.76. The summed E-state index contributed by atoms with van der Waals surface area (Å²) in [7, 11) is 0. The fourth-order valence-electron chi connectivity index (χ4n) is 4.02. The fraction of sp³-hybridized carbons (Fsp3) is 0.667. The summed E-state index contributed by atoms with van der Waals surface area (Å²) >= 11 is 0. The second-order valence-corrected chi connectivity index (χ2v) is 9.77. The van der Waals surface area contributed by atoms with Gasteiger partial charge < -0.3 is 35.1 Å². The normalized spacial score (nSPS) is 11.5. The maximum atomic E-state index is 12.2. The number of nitrogens with one attached hydrogen (secondary N) is 2. The largest absolute Gasteiger partial charge is 0.494 e. The zero-order valence-corrected chi connectivity index (χ0v) is 24.4. The molecule has 1 atom stereocenters. The molecule has 41 heavy (non-hydrogen) atoms. The lowest BCUT2D eigenvalue weighted by atomic mass is 10.1. The summed E-state index contributed by atoms with van der Waals surface area (Å²) in [5.74, 6) is -2.01. The molecule has 232 valence electrons. The van der Waals surface area contributed by atoms with Crippen molar-refractivity contribution in [3.05, 3.63) is 29.8 Å². The van der Waals surface area contributed by atoms with Gasteiger partial charge in [0.2, 0.25) is 11.8 Å². The van der Waals surface area contributed by atoms with E-state index >= 15 is 0 Å². The van der Waals surface area contributed by atoms with Crippen LogP contribution in [-0.4, -0.2) is 79.6 Å². The Morgan fingerprint density at radius 2 is 1.34 bits per heavy atom. The lowest BCUT2D eigenvalue weighted by Gasteiger charge is -2.14. The molecule has 1 aromatic rings. The molecule has 0 aliphatic carbocycles. The van der Waals surface area contributed by atoms with Crippen LogP contribution in [0.15, 0.2) is 24.3 Å². The zero-order valence-electron chi connectivity index (χ0n) is 24.4. The first-order valence-corrected chi connectivity index (χ1v) is 14.7. The molecule has 2 amide bonds. The molecular formula is C30H48N2O9. The molecule has 0 saturated heterocycles. The van der Waals surface area contributed by atoms with Crippen molar-refractivity contribution in [3.8, 4) is 5.75 Å². The van der Waals surface area contributed by atoms with Crippen LogP contribution in [0.3, 0.4) is 0 Å².